The number of hydrogen-bond donors (Lipinski definition) is 1. The van der Waals surface area contributed by atoms with Crippen LogP contribution in [0.15, 0.2) is 72.8 Å². The Labute approximate surface area is 166 Å². The third-order valence-electron chi connectivity index (χ3n) is 3.73. The maximum atomic E-state index is 12.3. The first-order valence-electron chi connectivity index (χ1n) is 8.10. The van der Waals surface area contributed by atoms with Crippen molar-refractivity contribution in [3.8, 4) is 5.75 Å². The van der Waals surface area contributed by atoms with E-state index in [9.17, 15) is 9.59 Å². The first-order valence-corrected chi connectivity index (χ1v) is 8.85. The molecule has 0 spiro atoms. The Bertz CT molecular complexity index is 954. The van der Waals surface area contributed by atoms with E-state index in [1.54, 1.807) is 72.8 Å². The third-order valence-corrected chi connectivity index (χ3v) is 4.24. The average Bonchev–Trinajstić information content (AvgIpc) is 2.67. The number of benzene rings is 3. The van der Waals surface area contributed by atoms with Gasteiger partial charge < -0.3 is 10.1 Å². The van der Waals surface area contributed by atoms with Gasteiger partial charge in [-0.05, 0) is 60.7 Å². The van der Waals surface area contributed by atoms with E-state index < -0.39 is 0 Å². The summed E-state index contributed by atoms with van der Waals surface area (Å²) in [5.41, 5.74) is 1.57. The van der Waals surface area contributed by atoms with Gasteiger partial charge in [0.1, 0.15) is 5.75 Å². The molecule has 0 fully saturated rings. The SMILES string of the molecule is O=C(COc1cccc(NC(=O)c2ccc(Cl)cc2)c1)c1ccc(Cl)cc1. The lowest BCUT2D eigenvalue weighted by molar-refractivity contribution is 0.0920. The molecular weight excluding hydrogens is 385 g/mol. The quantitative estimate of drug-likeness (QED) is 0.556. The van der Waals surface area contributed by atoms with Gasteiger partial charge in [0.25, 0.3) is 5.91 Å². The summed E-state index contributed by atoms with van der Waals surface area (Å²) in [5.74, 6) is 0.0505. The minimum absolute atomic E-state index is 0.115. The molecule has 0 aliphatic rings. The van der Waals surface area contributed by atoms with Crippen LogP contribution in [0.5, 0.6) is 5.75 Å². The number of rotatable bonds is 6. The highest BCUT2D eigenvalue weighted by Crippen LogP contribution is 2.19. The largest absolute Gasteiger partial charge is 0.485 e. The second-order valence-electron chi connectivity index (χ2n) is 5.71. The molecule has 4 nitrogen and oxygen atoms in total. The maximum Gasteiger partial charge on any atom is 0.255 e. The monoisotopic (exact) mass is 399 g/mol. The number of anilines is 1. The van der Waals surface area contributed by atoms with E-state index in [4.69, 9.17) is 27.9 Å². The fourth-order valence-electron chi connectivity index (χ4n) is 2.34. The van der Waals surface area contributed by atoms with Crippen LogP contribution < -0.4 is 10.1 Å². The van der Waals surface area contributed by atoms with Crippen LogP contribution in [0.1, 0.15) is 20.7 Å². The molecule has 6 heteroatoms. The zero-order valence-electron chi connectivity index (χ0n) is 14.1. The van der Waals surface area contributed by atoms with E-state index in [-0.39, 0.29) is 18.3 Å². The molecule has 0 aliphatic heterocycles. The molecule has 0 radical (unpaired) electrons. The van der Waals surface area contributed by atoms with E-state index in [2.05, 4.69) is 5.32 Å². The topological polar surface area (TPSA) is 55.4 Å². The molecule has 0 atom stereocenters. The van der Waals surface area contributed by atoms with Gasteiger partial charge in [-0.25, -0.2) is 0 Å². The van der Waals surface area contributed by atoms with Crippen LogP contribution in [0.3, 0.4) is 0 Å². The highest BCUT2D eigenvalue weighted by atomic mass is 35.5. The number of carbonyl (C=O) groups is 2. The van der Waals surface area contributed by atoms with Crippen molar-refractivity contribution in [2.75, 3.05) is 11.9 Å². The van der Waals surface area contributed by atoms with Gasteiger partial charge in [-0.1, -0.05) is 29.3 Å². The summed E-state index contributed by atoms with van der Waals surface area (Å²) in [4.78, 5) is 24.4. The van der Waals surface area contributed by atoms with Crippen LogP contribution in [0, 0.1) is 0 Å². The summed E-state index contributed by atoms with van der Waals surface area (Å²) in [6.45, 7) is -0.115. The Hall–Kier alpha value is -2.82. The first kappa shape index (κ1) is 19.0. The number of halogens is 2. The lowest BCUT2D eigenvalue weighted by Gasteiger charge is -2.09. The Morgan fingerprint density at radius 1 is 0.815 bits per heavy atom. The molecule has 0 aliphatic carbocycles. The van der Waals surface area contributed by atoms with E-state index in [1.165, 1.54) is 0 Å². The van der Waals surface area contributed by atoms with Gasteiger partial charge in [-0.2, -0.15) is 0 Å². The molecule has 27 heavy (non-hydrogen) atoms. The zero-order chi connectivity index (χ0) is 19.2. The Morgan fingerprint density at radius 3 is 2.04 bits per heavy atom. The van der Waals surface area contributed by atoms with Crippen LogP contribution in [0.4, 0.5) is 5.69 Å². The van der Waals surface area contributed by atoms with Crippen molar-refractivity contribution in [2.24, 2.45) is 0 Å². The van der Waals surface area contributed by atoms with Crippen molar-refractivity contribution in [3.63, 3.8) is 0 Å². The Balaban J connectivity index is 1.61. The van der Waals surface area contributed by atoms with Crippen molar-refractivity contribution in [1.29, 1.82) is 0 Å². The maximum absolute atomic E-state index is 12.3. The number of Topliss-reactive ketones (excluding diaryl/α,β-unsaturated/α-hetero) is 1. The van der Waals surface area contributed by atoms with Crippen LogP contribution in [0.25, 0.3) is 0 Å². The molecule has 0 unspecified atom stereocenters. The van der Waals surface area contributed by atoms with E-state index in [0.717, 1.165) is 0 Å². The Kier molecular flexibility index (Phi) is 6.12. The van der Waals surface area contributed by atoms with Gasteiger partial charge >= 0.3 is 0 Å². The van der Waals surface area contributed by atoms with Crippen LogP contribution in [-0.4, -0.2) is 18.3 Å². The zero-order valence-corrected chi connectivity index (χ0v) is 15.6. The standard InChI is InChI=1S/C21H15Cl2NO3/c22-16-8-4-14(5-9-16)20(25)13-27-19-3-1-2-18(12-19)24-21(26)15-6-10-17(23)11-7-15/h1-12H,13H2,(H,24,26). The van der Waals surface area contributed by atoms with Gasteiger partial charge in [0.2, 0.25) is 0 Å². The first-order chi connectivity index (χ1) is 13.0. The van der Waals surface area contributed by atoms with Crippen molar-refractivity contribution in [2.45, 2.75) is 0 Å². The minimum atomic E-state index is -0.263. The normalized spacial score (nSPS) is 10.3. The number of nitrogens with one attached hydrogen (secondary N) is 1. The molecule has 1 N–H and O–H groups in total. The van der Waals surface area contributed by atoms with E-state index >= 15 is 0 Å². The summed E-state index contributed by atoms with van der Waals surface area (Å²) in [6, 6.07) is 20.0. The van der Waals surface area contributed by atoms with Crippen LogP contribution in [0.2, 0.25) is 10.0 Å². The molecule has 136 valence electrons. The molecule has 0 heterocycles. The van der Waals surface area contributed by atoms with Crippen molar-refractivity contribution in [3.05, 3.63) is 94.0 Å². The second kappa shape index (κ2) is 8.71. The summed E-state index contributed by atoms with van der Waals surface area (Å²) in [7, 11) is 0. The molecule has 3 rings (SSSR count). The van der Waals surface area contributed by atoms with Crippen LogP contribution >= 0.6 is 23.2 Å². The molecule has 0 aromatic heterocycles. The van der Waals surface area contributed by atoms with Gasteiger partial charge in [0.05, 0.1) is 0 Å². The van der Waals surface area contributed by atoms with E-state index in [1.807, 2.05) is 0 Å². The third kappa shape index (κ3) is 5.33. The van der Waals surface area contributed by atoms with Gasteiger partial charge in [-0.3, -0.25) is 9.59 Å². The lowest BCUT2D eigenvalue weighted by Crippen LogP contribution is -2.13. The highest BCUT2D eigenvalue weighted by molar-refractivity contribution is 6.31. The molecule has 1 amide bonds. The molecule has 3 aromatic carbocycles. The molecule has 0 saturated carbocycles. The fourth-order valence-corrected chi connectivity index (χ4v) is 2.59. The predicted octanol–water partition coefficient (Wildman–Crippen LogP) is 5.51. The van der Waals surface area contributed by atoms with Crippen molar-refractivity contribution in [1.82, 2.24) is 0 Å². The summed E-state index contributed by atoms with van der Waals surface area (Å²) in [5, 5.41) is 3.91. The number of hydrogen-bond acceptors (Lipinski definition) is 3. The minimum Gasteiger partial charge on any atom is -0.485 e. The molecule has 3 aromatic rings. The highest BCUT2D eigenvalue weighted by Gasteiger charge is 2.09. The number of carbonyl (C=O) groups excluding carboxylic acids is 2. The smallest absolute Gasteiger partial charge is 0.255 e. The summed E-state index contributed by atoms with van der Waals surface area (Å²) < 4.78 is 5.54. The van der Waals surface area contributed by atoms with Crippen molar-refractivity contribution < 1.29 is 14.3 Å². The van der Waals surface area contributed by atoms with Gasteiger partial charge in [0, 0.05) is 32.9 Å². The predicted molar refractivity (Wildman–Crippen MR) is 107 cm³/mol. The van der Waals surface area contributed by atoms with Crippen molar-refractivity contribution >= 4 is 40.6 Å². The molecule has 0 saturated heterocycles. The second-order valence-corrected chi connectivity index (χ2v) is 6.58. The number of ketones is 1. The van der Waals surface area contributed by atoms with Crippen LogP contribution in [-0.2, 0) is 0 Å². The summed E-state index contributed by atoms with van der Waals surface area (Å²) >= 11 is 11.6. The summed E-state index contributed by atoms with van der Waals surface area (Å²) in [6.07, 6.45) is 0. The molecular formula is C21H15Cl2NO3. The molecule has 0 bridgehead atoms. The Morgan fingerprint density at radius 2 is 1.41 bits per heavy atom. The fraction of sp³-hybridized carbons (Fsp3) is 0.0476. The lowest BCUT2D eigenvalue weighted by atomic mass is 10.1. The average molecular weight is 400 g/mol. The van der Waals surface area contributed by atoms with E-state index in [0.29, 0.717) is 32.6 Å². The van der Waals surface area contributed by atoms with Gasteiger partial charge in [-0.15, -0.1) is 0 Å². The number of ether oxygens (including phenoxy) is 1. The van der Waals surface area contributed by atoms with Gasteiger partial charge in [0.15, 0.2) is 12.4 Å². The number of amides is 1.